The molecule has 0 aliphatic carbocycles. The lowest BCUT2D eigenvalue weighted by molar-refractivity contribution is 0.579. The third-order valence-electron chi connectivity index (χ3n) is 6.77. The van der Waals surface area contributed by atoms with Gasteiger partial charge < -0.3 is 9.99 Å². The Morgan fingerprint density at radius 1 is 0.909 bits per heavy atom. The van der Waals surface area contributed by atoms with Crippen molar-refractivity contribution in [2.75, 3.05) is 21.8 Å². The van der Waals surface area contributed by atoms with Gasteiger partial charge >= 0.3 is 7.44 Å². The zero-order valence-electron chi connectivity index (χ0n) is 19.7. The van der Waals surface area contributed by atoms with Crippen molar-refractivity contribution < 1.29 is 4.57 Å². The Labute approximate surface area is 195 Å². The van der Waals surface area contributed by atoms with E-state index >= 15 is 4.57 Å². The van der Waals surface area contributed by atoms with Gasteiger partial charge in [-0.15, -0.1) is 0 Å². The maximum Gasteiger partial charge on any atom is 0.313 e. The summed E-state index contributed by atoms with van der Waals surface area (Å²) in [6, 6.07) is 24.2. The van der Waals surface area contributed by atoms with Crippen LogP contribution in [0.5, 0.6) is 0 Å². The van der Waals surface area contributed by atoms with Crippen molar-refractivity contribution in [1.29, 1.82) is 0 Å². The number of nitrogens with one attached hydrogen (secondary N) is 1. The smallest absolute Gasteiger partial charge is 0.313 e. The Hall–Kier alpha value is -3.30. The van der Waals surface area contributed by atoms with Crippen LogP contribution in [0.4, 0.5) is 17.1 Å². The van der Waals surface area contributed by atoms with Crippen LogP contribution in [0.15, 0.2) is 88.9 Å². The molecule has 0 saturated heterocycles. The van der Waals surface area contributed by atoms with Crippen molar-refractivity contribution in [3.8, 4) is 0 Å². The maximum absolute atomic E-state index is 15.0. The zero-order chi connectivity index (χ0) is 23.4. The Balaban J connectivity index is 1.71. The molecule has 0 fully saturated rings. The molecular weight excluding hydrogens is 427 g/mol. The van der Waals surface area contributed by atoms with E-state index < -0.39 is 7.44 Å². The second-order valence-corrected chi connectivity index (χ2v) is 11.5. The van der Waals surface area contributed by atoms with E-state index in [0.717, 1.165) is 33.6 Å². The first-order valence-corrected chi connectivity index (χ1v) is 12.8. The molecule has 5 rings (SSSR count). The standard InChI is InChI=1S/C27H29N4OP/c1-19-15-16-21(17-20(19)2)29-33(32)25(18-28-31(33)22-11-7-6-8-12-22)26-27(3,4)23-13-9-10-14-24(23)30(26)5/h6-18H,1-5H3,(H,29,32)/b26-25-. The van der Waals surface area contributed by atoms with Gasteiger partial charge in [0.15, 0.2) is 0 Å². The van der Waals surface area contributed by atoms with Crippen LogP contribution in [0.3, 0.4) is 0 Å². The first kappa shape index (κ1) is 21.5. The first-order chi connectivity index (χ1) is 15.7. The average Bonchev–Trinajstić information content (AvgIpc) is 3.22. The summed E-state index contributed by atoms with van der Waals surface area (Å²) in [5.74, 6) is 0. The van der Waals surface area contributed by atoms with Crippen molar-refractivity contribution in [3.05, 3.63) is 100 Å². The zero-order valence-corrected chi connectivity index (χ0v) is 20.6. The van der Waals surface area contributed by atoms with Gasteiger partial charge in [0, 0.05) is 29.5 Å². The molecule has 0 bridgehead atoms. The molecule has 2 aliphatic heterocycles. The van der Waals surface area contributed by atoms with E-state index in [1.807, 2.05) is 42.5 Å². The van der Waals surface area contributed by atoms with Gasteiger partial charge in [-0.3, -0.25) is 4.57 Å². The summed E-state index contributed by atoms with van der Waals surface area (Å²) in [6.07, 6.45) is 1.78. The fourth-order valence-electron chi connectivity index (χ4n) is 4.91. The van der Waals surface area contributed by atoms with Gasteiger partial charge in [-0.05, 0) is 60.9 Å². The van der Waals surface area contributed by atoms with Gasteiger partial charge in [0.05, 0.1) is 17.2 Å². The molecule has 5 nitrogen and oxygen atoms in total. The number of anilines is 3. The highest BCUT2D eigenvalue weighted by molar-refractivity contribution is 7.72. The lowest BCUT2D eigenvalue weighted by Gasteiger charge is -2.31. The van der Waals surface area contributed by atoms with Gasteiger partial charge in [0.1, 0.15) is 0 Å². The van der Waals surface area contributed by atoms with E-state index in [4.69, 9.17) is 0 Å². The third-order valence-corrected chi connectivity index (χ3v) is 9.18. The van der Waals surface area contributed by atoms with Crippen molar-refractivity contribution in [1.82, 2.24) is 0 Å². The van der Waals surface area contributed by atoms with Crippen LogP contribution in [-0.4, -0.2) is 13.3 Å². The monoisotopic (exact) mass is 456 g/mol. The summed E-state index contributed by atoms with van der Waals surface area (Å²) >= 11 is 0. The first-order valence-electron chi connectivity index (χ1n) is 11.2. The largest absolute Gasteiger partial charge is 0.346 e. The highest BCUT2D eigenvalue weighted by atomic mass is 31.2. The number of rotatable bonds is 3. The molecular formula is C27H29N4OP. The molecule has 0 radical (unpaired) electrons. The van der Waals surface area contributed by atoms with Crippen LogP contribution < -0.4 is 14.8 Å². The molecule has 33 heavy (non-hydrogen) atoms. The second-order valence-electron chi connectivity index (χ2n) is 9.29. The van der Waals surface area contributed by atoms with E-state index in [1.54, 1.807) is 11.0 Å². The summed E-state index contributed by atoms with van der Waals surface area (Å²) in [7, 11) is -1.31. The fourth-order valence-corrected chi connectivity index (χ4v) is 7.39. The predicted molar refractivity (Wildman–Crippen MR) is 139 cm³/mol. The Bertz CT molecular complexity index is 1340. The molecule has 168 valence electrons. The van der Waals surface area contributed by atoms with Crippen LogP contribution in [0, 0.1) is 13.8 Å². The van der Waals surface area contributed by atoms with Gasteiger partial charge in [0.25, 0.3) is 0 Å². The molecule has 0 saturated carbocycles. The second kappa shape index (κ2) is 7.64. The highest BCUT2D eigenvalue weighted by Crippen LogP contribution is 2.64. The number of para-hydroxylation sites is 2. The minimum atomic E-state index is -3.36. The number of benzene rings is 3. The van der Waals surface area contributed by atoms with Crippen LogP contribution in [0.2, 0.25) is 0 Å². The third kappa shape index (κ3) is 3.30. The average molecular weight is 457 g/mol. The summed E-state index contributed by atoms with van der Waals surface area (Å²) in [5.41, 5.74) is 7.01. The summed E-state index contributed by atoms with van der Waals surface area (Å²) in [5, 5.41) is 8.83. The molecule has 3 aromatic carbocycles. The molecule has 1 unspecified atom stereocenters. The highest BCUT2D eigenvalue weighted by Gasteiger charge is 2.48. The number of fused-ring (bicyclic) bond motifs is 1. The Morgan fingerprint density at radius 2 is 1.61 bits per heavy atom. The lowest BCUT2D eigenvalue weighted by atomic mass is 9.84. The van der Waals surface area contributed by atoms with Crippen molar-refractivity contribution >= 4 is 30.7 Å². The van der Waals surface area contributed by atoms with Gasteiger partial charge in [-0.1, -0.05) is 56.3 Å². The molecule has 0 amide bonds. The molecule has 2 aliphatic rings. The minimum Gasteiger partial charge on any atom is -0.346 e. The van der Waals surface area contributed by atoms with E-state index in [1.165, 1.54) is 11.1 Å². The van der Waals surface area contributed by atoms with Crippen LogP contribution in [0.1, 0.15) is 30.5 Å². The summed E-state index contributed by atoms with van der Waals surface area (Å²) < 4.78 is 16.7. The topological polar surface area (TPSA) is 47.9 Å². The fraction of sp³-hybridized carbons (Fsp3) is 0.222. The maximum atomic E-state index is 15.0. The minimum absolute atomic E-state index is 0.320. The van der Waals surface area contributed by atoms with Gasteiger partial charge in [-0.2, -0.15) is 9.88 Å². The number of allylic oxidation sites excluding steroid dienone is 2. The number of hydrogen-bond acceptors (Lipinski definition) is 3. The van der Waals surface area contributed by atoms with Crippen LogP contribution >= 0.6 is 7.44 Å². The summed E-state index contributed by atoms with van der Waals surface area (Å²) in [6.45, 7) is 8.53. The molecule has 0 spiro atoms. The van der Waals surface area contributed by atoms with E-state index in [2.05, 4.69) is 80.2 Å². The predicted octanol–water partition coefficient (Wildman–Crippen LogP) is 7.05. The normalized spacial score (nSPS) is 23.2. The number of aryl methyl sites for hydroxylation is 2. The Morgan fingerprint density at radius 3 is 2.30 bits per heavy atom. The van der Waals surface area contributed by atoms with Gasteiger partial charge in [-0.25, -0.2) is 0 Å². The number of hydrogen-bond donors (Lipinski definition) is 1. The van der Waals surface area contributed by atoms with Crippen molar-refractivity contribution in [3.63, 3.8) is 0 Å². The molecule has 3 aromatic rings. The van der Waals surface area contributed by atoms with E-state index in [9.17, 15) is 0 Å². The number of likely N-dealkylation sites (N-methyl/N-ethyl adjacent to an activating group) is 1. The Kier molecular flexibility index (Phi) is 4.98. The van der Waals surface area contributed by atoms with Crippen molar-refractivity contribution in [2.45, 2.75) is 33.1 Å². The van der Waals surface area contributed by atoms with Gasteiger partial charge in [0.2, 0.25) is 0 Å². The molecule has 1 atom stereocenters. The van der Waals surface area contributed by atoms with Crippen molar-refractivity contribution in [2.24, 2.45) is 5.10 Å². The number of hydrazone groups is 1. The van der Waals surface area contributed by atoms with Crippen LogP contribution in [0.25, 0.3) is 0 Å². The van der Waals surface area contributed by atoms with Crippen LogP contribution in [-0.2, 0) is 9.98 Å². The number of nitrogens with zero attached hydrogens (tertiary/aromatic N) is 3. The molecule has 2 heterocycles. The molecule has 1 N–H and O–H groups in total. The quantitative estimate of drug-likeness (QED) is 0.429. The van der Waals surface area contributed by atoms with E-state index in [0.29, 0.717) is 0 Å². The molecule has 0 aromatic heterocycles. The molecule has 6 heteroatoms. The SMILES string of the molecule is Cc1ccc(NP2(=O)/C(=C3\N(C)c4ccccc4C3(C)C)C=NN2c2ccccc2)cc1C. The lowest BCUT2D eigenvalue weighted by Crippen LogP contribution is -2.26. The summed E-state index contributed by atoms with van der Waals surface area (Å²) in [4.78, 5) is 2.17. The van der Waals surface area contributed by atoms with E-state index in [-0.39, 0.29) is 5.41 Å².